The molecule has 0 unspecified atom stereocenters. The third-order valence-electron chi connectivity index (χ3n) is 8.21. The molecule has 2 aliphatic heterocycles. The van der Waals surface area contributed by atoms with Gasteiger partial charge in [0.25, 0.3) is 0 Å². The van der Waals surface area contributed by atoms with Gasteiger partial charge in [-0.3, -0.25) is 19.3 Å². The van der Waals surface area contributed by atoms with Crippen LogP contribution >= 0.6 is 23.1 Å². The van der Waals surface area contributed by atoms with Crippen LogP contribution in [0.5, 0.6) is 5.75 Å². The number of hydrogen-bond acceptors (Lipinski definition) is 6. The molecular formula is C26H22N2O4S2. The molecule has 0 radical (unpaired) electrons. The maximum atomic E-state index is 13.7. The Balaban J connectivity index is 1.30. The van der Waals surface area contributed by atoms with Crippen LogP contribution in [0.15, 0.2) is 64.4 Å². The second kappa shape index (κ2) is 7.33. The third kappa shape index (κ3) is 2.66. The highest BCUT2D eigenvalue weighted by atomic mass is 32.2. The summed E-state index contributed by atoms with van der Waals surface area (Å²) >= 11 is 3.01. The van der Waals surface area contributed by atoms with E-state index in [1.54, 1.807) is 43.1 Å². The van der Waals surface area contributed by atoms with Crippen LogP contribution in [0.2, 0.25) is 0 Å². The van der Waals surface area contributed by atoms with Gasteiger partial charge in [-0.2, -0.15) is 0 Å². The molecule has 3 fully saturated rings. The van der Waals surface area contributed by atoms with E-state index in [9.17, 15) is 14.4 Å². The molecule has 1 saturated heterocycles. The minimum Gasteiger partial charge on any atom is -0.497 e. The highest BCUT2D eigenvalue weighted by Gasteiger charge is 2.69. The Labute approximate surface area is 204 Å². The number of rotatable bonds is 3. The number of amides is 2. The normalized spacial score (nSPS) is 33.1. The molecule has 7 rings (SSSR count). The van der Waals surface area contributed by atoms with Gasteiger partial charge in [0.1, 0.15) is 5.75 Å². The van der Waals surface area contributed by atoms with Crippen LogP contribution < -0.4 is 14.5 Å². The van der Waals surface area contributed by atoms with Gasteiger partial charge < -0.3 is 9.72 Å². The molecule has 2 bridgehead atoms. The monoisotopic (exact) mass is 490 g/mol. The van der Waals surface area contributed by atoms with E-state index in [0.29, 0.717) is 11.4 Å². The average Bonchev–Trinajstić information content (AvgIpc) is 3.58. The minimum absolute atomic E-state index is 0.0382. The Morgan fingerprint density at radius 2 is 1.65 bits per heavy atom. The lowest BCUT2D eigenvalue weighted by Crippen LogP contribution is -2.42. The summed E-state index contributed by atoms with van der Waals surface area (Å²) in [6, 6.07) is 17.5. The van der Waals surface area contributed by atoms with E-state index in [2.05, 4.69) is 17.1 Å². The van der Waals surface area contributed by atoms with Crippen LogP contribution in [-0.4, -0.2) is 29.2 Å². The SMILES string of the molecule is COc1ccc(N2C(=O)[C@@H]3[C@H]4C[C@@H]([C@@H]3C2=O)[C@@H]2[C@@H](c3ccccc3)c3sc(=O)[nH]c3S[C@H]42)cc1. The molecule has 0 spiro atoms. The van der Waals surface area contributed by atoms with E-state index in [-0.39, 0.29) is 57.4 Å². The van der Waals surface area contributed by atoms with Gasteiger partial charge in [0.05, 0.1) is 29.7 Å². The molecule has 3 heterocycles. The fourth-order valence-electron chi connectivity index (χ4n) is 7.04. The molecule has 2 aromatic carbocycles. The maximum Gasteiger partial charge on any atom is 0.305 e. The molecule has 8 heteroatoms. The van der Waals surface area contributed by atoms with Gasteiger partial charge in [0, 0.05) is 16.0 Å². The number of benzene rings is 2. The Kier molecular flexibility index (Phi) is 4.42. The summed E-state index contributed by atoms with van der Waals surface area (Å²) in [7, 11) is 1.60. The number of nitrogens with one attached hydrogen (secondary N) is 1. The lowest BCUT2D eigenvalue weighted by molar-refractivity contribution is -0.123. The highest BCUT2D eigenvalue weighted by Crippen LogP contribution is 2.68. The van der Waals surface area contributed by atoms with Gasteiger partial charge in [-0.25, -0.2) is 0 Å². The molecule has 1 N–H and O–H groups in total. The van der Waals surface area contributed by atoms with Gasteiger partial charge in [-0.1, -0.05) is 41.7 Å². The van der Waals surface area contributed by atoms with E-state index in [1.165, 1.54) is 21.8 Å². The molecule has 34 heavy (non-hydrogen) atoms. The molecule has 172 valence electrons. The van der Waals surface area contributed by atoms with Crippen molar-refractivity contribution in [1.82, 2.24) is 4.98 Å². The van der Waals surface area contributed by atoms with E-state index in [0.717, 1.165) is 16.3 Å². The second-order valence-electron chi connectivity index (χ2n) is 9.58. The van der Waals surface area contributed by atoms with Crippen LogP contribution in [0.4, 0.5) is 5.69 Å². The number of H-pyrrole nitrogens is 1. The van der Waals surface area contributed by atoms with Gasteiger partial charge >= 0.3 is 4.87 Å². The lowest BCUT2D eigenvalue weighted by Gasteiger charge is -2.43. The van der Waals surface area contributed by atoms with Gasteiger partial charge in [-0.05, 0) is 54.0 Å². The topological polar surface area (TPSA) is 79.5 Å². The number of aromatic nitrogens is 1. The van der Waals surface area contributed by atoms with Crippen molar-refractivity contribution in [2.45, 2.75) is 22.6 Å². The lowest BCUT2D eigenvalue weighted by atomic mass is 9.68. The number of ether oxygens (including phenoxy) is 1. The van der Waals surface area contributed by atoms with Crippen molar-refractivity contribution >= 4 is 40.6 Å². The summed E-state index contributed by atoms with van der Waals surface area (Å²) in [5, 5.41) is 1.15. The van der Waals surface area contributed by atoms with Gasteiger partial charge in [0.2, 0.25) is 11.8 Å². The van der Waals surface area contributed by atoms with E-state index in [4.69, 9.17) is 4.74 Å². The molecule has 2 aliphatic carbocycles. The maximum absolute atomic E-state index is 13.7. The molecule has 7 atom stereocenters. The number of thioether (sulfide) groups is 1. The highest BCUT2D eigenvalue weighted by molar-refractivity contribution is 8.00. The fourth-order valence-corrected chi connectivity index (χ4v) is 9.93. The first kappa shape index (κ1) is 20.5. The Morgan fingerprint density at radius 1 is 0.941 bits per heavy atom. The standard InChI is InChI=1S/C26H22N2O4S2/c1-32-14-9-7-13(8-10-14)28-24(29)19-15-11-16(20(19)25(28)30)21-18(15)17(12-5-3-2-4-6-12)22-23(33-21)27-26(31)34-22/h2-10,15-21H,11H2,1H3,(H,27,31)/t15-,16-,17-,18-,19+,20-,21-/m1/s1. The minimum atomic E-state index is -0.287. The quantitative estimate of drug-likeness (QED) is 0.559. The molecule has 3 aromatic rings. The smallest absolute Gasteiger partial charge is 0.305 e. The first-order chi connectivity index (χ1) is 16.6. The number of imide groups is 1. The van der Waals surface area contributed by atoms with Crippen molar-refractivity contribution < 1.29 is 14.3 Å². The van der Waals surface area contributed by atoms with E-state index in [1.807, 2.05) is 18.2 Å². The summed E-state index contributed by atoms with van der Waals surface area (Å²) in [6.07, 6.45) is 0.897. The summed E-state index contributed by atoms with van der Waals surface area (Å²) in [6.45, 7) is 0. The Morgan fingerprint density at radius 3 is 2.35 bits per heavy atom. The summed E-state index contributed by atoms with van der Waals surface area (Å²) in [5.41, 5.74) is 1.80. The summed E-state index contributed by atoms with van der Waals surface area (Å²) < 4.78 is 5.24. The van der Waals surface area contributed by atoms with Crippen LogP contribution in [0, 0.1) is 29.6 Å². The van der Waals surface area contributed by atoms with Crippen LogP contribution in [-0.2, 0) is 9.59 Å². The predicted molar refractivity (Wildman–Crippen MR) is 130 cm³/mol. The first-order valence-corrected chi connectivity index (χ1v) is 13.2. The van der Waals surface area contributed by atoms with Gasteiger partial charge in [-0.15, -0.1) is 11.8 Å². The second-order valence-corrected chi connectivity index (χ2v) is 11.8. The first-order valence-electron chi connectivity index (χ1n) is 11.5. The van der Waals surface area contributed by atoms with E-state index < -0.39 is 0 Å². The van der Waals surface area contributed by atoms with Crippen molar-refractivity contribution in [3.8, 4) is 5.75 Å². The number of anilines is 1. The number of carbonyl (C=O) groups is 2. The van der Waals surface area contributed by atoms with Crippen LogP contribution in [0.1, 0.15) is 22.8 Å². The fraction of sp³-hybridized carbons (Fsp3) is 0.346. The number of thiazole rings is 1. The summed E-state index contributed by atoms with van der Waals surface area (Å²) in [4.78, 5) is 45.1. The van der Waals surface area contributed by atoms with Gasteiger partial charge in [0.15, 0.2) is 0 Å². The number of methoxy groups -OCH3 is 1. The number of aromatic amines is 1. The van der Waals surface area contributed by atoms with Crippen LogP contribution in [0.3, 0.4) is 0 Å². The zero-order chi connectivity index (χ0) is 23.1. The molecule has 2 saturated carbocycles. The number of nitrogens with zero attached hydrogens (tertiary/aromatic N) is 1. The Hall–Kier alpha value is -2.84. The molecule has 4 aliphatic rings. The molecule has 6 nitrogen and oxygen atoms in total. The molecule has 2 amide bonds. The zero-order valence-corrected chi connectivity index (χ0v) is 20.0. The van der Waals surface area contributed by atoms with Crippen molar-refractivity contribution in [1.29, 1.82) is 0 Å². The zero-order valence-electron chi connectivity index (χ0n) is 18.3. The number of fused-ring (bicyclic) bond motifs is 9. The average molecular weight is 491 g/mol. The van der Waals surface area contributed by atoms with Crippen molar-refractivity contribution in [2.75, 3.05) is 12.0 Å². The molecular weight excluding hydrogens is 468 g/mol. The van der Waals surface area contributed by atoms with Crippen molar-refractivity contribution in [2.24, 2.45) is 29.6 Å². The third-order valence-corrected chi connectivity index (χ3v) is 10.8. The number of hydrogen-bond donors (Lipinski definition) is 1. The summed E-state index contributed by atoms with van der Waals surface area (Å²) in [5.74, 6) is 0.530. The predicted octanol–water partition coefficient (Wildman–Crippen LogP) is 4.12. The van der Waals surface area contributed by atoms with Crippen molar-refractivity contribution in [3.63, 3.8) is 0 Å². The van der Waals surface area contributed by atoms with Crippen LogP contribution in [0.25, 0.3) is 0 Å². The van der Waals surface area contributed by atoms with E-state index >= 15 is 0 Å². The molecule has 1 aromatic heterocycles. The van der Waals surface area contributed by atoms with Crippen molar-refractivity contribution in [3.05, 3.63) is 74.7 Å². The largest absolute Gasteiger partial charge is 0.497 e. The number of carbonyl (C=O) groups excluding carboxylic acids is 2. The Bertz CT molecular complexity index is 1370.